The Morgan fingerprint density at radius 1 is 1.40 bits per heavy atom. The molecule has 4 N–H and O–H groups in total. The molecule has 2 aliphatic rings. The average molecular weight is 442 g/mol. The summed E-state index contributed by atoms with van der Waals surface area (Å²) in [6.07, 6.45) is 4.09. The number of allylic oxidation sites excluding steroid dienone is 1. The minimum Gasteiger partial charge on any atom is -0.477 e. The quantitative estimate of drug-likeness (QED) is 0.293. The number of carboxylic acids is 1. The number of nitrogens with one attached hydrogen (secondary N) is 1. The Bertz CT molecular complexity index is 757. The Kier molecular flexibility index (Phi) is 7.59. The number of hydrogen-bond acceptors (Lipinski definition) is 6. The Balaban J connectivity index is 1.86. The van der Waals surface area contributed by atoms with E-state index in [4.69, 9.17) is 10.5 Å². The zero-order chi connectivity index (χ0) is 22.7. The van der Waals surface area contributed by atoms with E-state index in [9.17, 15) is 19.5 Å². The zero-order valence-corrected chi connectivity index (χ0v) is 19.1. The molecule has 1 saturated heterocycles. The van der Waals surface area contributed by atoms with Crippen molar-refractivity contribution in [1.29, 1.82) is 0 Å². The Morgan fingerprint density at radius 2 is 2.07 bits per heavy atom. The number of carbonyl (C=O) groups is 3. The van der Waals surface area contributed by atoms with Crippen molar-refractivity contribution in [2.75, 3.05) is 39.5 Å². The van der Waals surface area contributed by atoms with Gasteiger partial charge in [-0.3, -0.25) is 9.69 Å². The van der Waals surface area contributed by atoms with Crippen LogP contribution in [-0.2, 0) is 14.3 Å². The Hall–Kier alpha value is -2.04. The van der Waals surface area contributed by atoms with Crippen LogP contribution in [0.2, 0.25) is 0 Å². The fourth-order valence-corrected chi connectivity index (χ4v) is 4.52. The Labute approximate surface area is 181 Å². The van der Waals surface area contributed by atoms with Crippen LogP contribution in [0.1, 0.15) is 27.2 Å². The summed E-state index contributed by atoms with van der Waals surface area (Å²) in [5.74, 6) is -0.945. The van der Waals surface area contributed by atoms with E-state index in [2.05, 4.69) is 19.4 Å². The van der Waals surface area contributed by atoms with Gasteiger partial charge in [-0.25, -0.2) is 9.59 Å². The molecule has 0 spiro atoms. The van der Waals surface area contributed by atoms with Gasteiger partial charge >= 0.3 is 12.1 Å². The third kappa shape index (κ3) is 6.23. The van der Waals surface area contributed by atoms with Gasteiger partial charge in [0.2, 0.25) is 5.91 Å². The van der Waals surface area contributed by atoms with Crippen molar-refractivity contribution in [3.63, 3.8) is 0 Å². The third-order valence-corrected chi connectivity index (χ3v) is 6.09. The van der Waals surface area contributed by atoms with E-state index in [1.54, 1.807) is 6.08 Å². The second kappa shape index (κ2) is 9.40. The number of likely N-dealkylation sites (N-methyl/N-ethyl adjacent to an activating group) is 1. The number of thioether (sulfide) groups is 1. The van der Waals surface area contributed by atoms with Crippen molar-refractivity contribution in [3.05, 3.63) is 23.4 Å². The van der Waals surface area contributed by atoms with E-state index >= 15 is 0 Å². The van der Waals surface area contributed by atoms with Crippen LogP contribution in [0.4, 0.5) is 4.79 Å². The number of β-lactam (4-membered cyclic amide) rings is 1. The number of nitrogens with zero attached hydrogens (tertiary/aromatic N) is 2. The number of carbonyl (C=O) groups excluding carboxylic acids is 2. The first-order valence-corrected chi connectivity index (χ1v) is 11.0. The van der Waals surface area contributed by atoms with Crippen LogP contribution in [0.15, 0.2) is 23.4 Å². The number of aliphatic carboxylic acids is 1. The van der Waals surface area contributed by atoms with Crippen molar-refractivity contribution in [2.24, 2.45) is 5.73 Å². The normalized spacial score (nSPS) is 22.1. The lowest BCUT2D eigenvalue weighted by atomic mass is 10.0. The van der Waals surface area contributed by atoms with Gasteiger partial charge in [0.25, 0.3) is 0 Å². The predicted octanol–water partition coefficient (Wildman–Crippen LogP) is 1.11. The maximum atomic E-state index is 12.0. The fraction of sp³-hybridized carbons (Fsp3) is 0.650. The molecular formula is C20H33N4O5S+. The standard InChI is InChI=1S/C20H32N4O5S/c1-20(2,3)29-19(28)22-9-7-11-24(4,5)10-6-8-13-12-30-17-14(21)16(25)23(17)15(13)18(26)27/h6,8,14,17H,7,9-12,21H2,1-5H3,(H-,22,26,27,28)/p+1/b8-6+/t14-,17-/m1/s1. The number of hydrogen-bond donors (Lipinski definition) is 3. The summed E-state index contributed by atoms with van der Waals surface area (Å²) in [5, 5.41) is 12.0. The molecule has 2 amide bonds. The van der Waals surface area contributed by atoms with E-state index in [1.807, 2.05) is 26.8 Å². The fourth-order valence-electron chi connectivity index (χ4n) is 3.25. The molecule has 0 aliphatic carbocycles. The first-order chi connectivity index (χ1) is 13.8. The van der Waals surface area contributed by atoms with E-state index in [-0.39, 0.29) is 17.0 Å². The molecule has 0 saturated carbocycles. The number of amides is 2. The van der Waals surface area contributed by atoms with Gasteiger partial charge in [0.05, 0.1) is 27.2 Å². The highest BCUT2D eigenvalue weighted by atomic mass is 32.2. The van der Waals surface area contributed by atoms with Crippen molar-refractivity contribution < 1.29 is 28.7 Å². The summed E-state index contributed by atoms with van der Waals surface area (Å²) in [5.41, 5.74) is 5.91. The van der Waals surface area contributed by atoms with Gasteiger partial charge in [0, 0.05) is 18.7 Å². The van der Waals surface area contributed by atoms with Gasteiger partial charge in [0.15, 0.2) is 0 Å². The average Bonchev–Trinajstić information content (AvgIpc) is 2.62. The molecular weight excluding hydrogens is 408 g/mol. The van der Waals surface area contributed by atoms with Gasteiger partial charge in [-0.15, -0.1) is 11.8 Å². The SMILES string of the molecule is CC(C)(C)OC(=O)NCCC[N+](C)(C)C/C=C/C1=C(C(=O)O)N2C(=O)[C@@H](N)[C@H]2SC1. The number of alkyl carbamates (subject to hydrolysis) is 1. The van der Waals surface area contributed by atoms with Crippen LogP contribution in [0.25, 0.3) is 0 Å². The van der Waals surface area contributed by atoms with Crippen LogP contribution in [0.3, 0.4) is 0 Å². The summed E-state index contributed by atoms with van der Waals surface area (Å²) in [6, 6.07) is -0.625. The first kappa shape index (κ1) is 24.2. The van der Waals surface area contributed by atoms with Crippen LogP contribution in [0, 0.1) is 0 Å². The van der Waals surface area contributed by atoms with E-state index in [0.717, 1.165) is 13.0 Å². The number of fused-ring (bicyclic) bond motifs is 1. The third-order valence-electron chi connectivity index (χ3n) is 4.77. The van der Waals surface area contributed by atoms with Crippen molar-refractivity contribution >= 4 is 29.7 Å². The minimum absolute atomic E-state index is 0.0357. The number of rotatable bonds is 8. The van der Waals surface area contributed by atoms with Gasteiger partial charge in [-0.2, -0.15) is 0 Å². The summed E-state index contributed by atoms with van der Waals surface area (Å²) < 4.78 is 5.88. The minimum atomic E-state index is -1.11. The molecule has 0 aromatic carbocycles. The molecule has 0 aromatic heterocycles. The molecule has 2 atom stereocenters. The molecule has 0 bridgehead atoms. The van der Waals surface area contributed by atoms with Crippen LogP contribution < -0.4 is 11.1 Å². The number of quaternary nitrogens is 1. The highest BCUT2D eigenvalue weighted by molar-refractivity contribution is 8.00. The smallest absolute Gasteiger partial charge is 0.407 e. The van der Waals surface area contributed by atoms with Gasteiger partial charge in [-0.05, 0) is 32.4 Å². The Morgan fingerprint density at radius 3 is 2.67 bits per heavy atom. The lowest BCUT2D eigenvalue weighted by molar-refractivity contribution is -0.884. The van der Waals surface area contributed by atoms with Crippen LogP contribution in [-0.4, -0.2) is 89.0 Å². The summed E-state index contributed by atoms with van der Waals surface area (Å²) in [6.45, 7) is 7.49. The molecule has 0 radical (unpaired) electrons. The van der Waals surface area contributed by atoms with E-state index in [1.165, 1.54) is 16.7 Å². The number of carboxylic acid groups (broad SMARTS) is 1. The second-order valence-corrected chi connectivity index (χ2v) is 10.2. The molecule has 0 aromatic rings. The molecule has 1 fully saturated rings. The second-order valence-electron chi connectivity index (χ2n) is 9.14. The highest BCUT2D eigenvalue weighted by Gasteiger charge is 2.51. The van der Waals surface area contributed by atoms with Gasteiger partial charge in [0.1, 0.15) is 22.7 Å². The van der Waals surface area contributed by atoms with Gasteiger partial charge < -0.3 is 25.4 Å². The molecule has 2 aliphatic heterocycles. The monoisotopic (exact) mass is 441 g/mol. The van der Waals surface area contributed by atoms with Crippen molar-refractivity contribution in [3.8, 4) is 0 Å². The lowest BCUT2D eigenvalue weighted by Crippen LogP contribution is -2.68. The maximum Gasteiger partial charge on any atom is 0.407 e. The maximum absolute atomic E-state index is 12.0. The van der Waals surface area contributed by atoms with Crippen LogP contribution >= 0.6 is 11.8 Å². The largest absolute Gasteiger partial charge is 0.477 e. The predicted molar refractivity (Wildman–Crippen MR) is 116 cm³/mol. The van der Waals surface area contributed by atoms with E-state index < -0.39 is 23.7 Å². The molecule has 2 rings (SSSR count). The first-order valence-electron chi connectivity index (χ1n) is 9.94. The van der Waals surface area contributed by atoms with Crippen LogP contribution in [0.5, 0.6) is 0 Å². The summed E-state index contributed by atoms with van der Waals surface area (Å²) in [7, 11) is 4.13. The zero-order valence-electron chi connectivity index (χ0n) is 18.3. The number of nitrogens with two attached hydrogens (primary N) is 1. The van der Waals surface area contributed by atoms with Crippen molar-refractivity contribution in [1.82, 2.24) is 10.2 Å². The molecule has 168 valence electrons. The highest BCUT2D eigenvalue weighted by Crippen LogP contribution is 2.39. The number of ether oxygens (including phenoxy) is 1. The lowest BCUT2D eigenvalue weighted by Gasteiger charge is -2.47. The summed E-state index contributed by atoms with van der Waals surface area (Å²) in [4.78, 5) is 36.7. The van der Waals surface area contributed by atoms with E-state index in [0.29, 0.717) is 28.9 Å². The summed E-state index contributed by atoms with van der Waals surface area (Å²) >= 11 is 1.49. The molecule has 0 unspecified atom stereocenters. The molecule has 10 heteroatoms. The van der Waals surface area contributed by atoms with Gasteiger partial charge in [-0.1, -0.05) is 6.08 Å². The van der Waals surface area contributed by atoms with Crippen molar-refractivity contribution in [2.45, 2.75) is 44.2 Å². The molecule has 30 heavy (non-hydrogen) atoms. The molecule has 9 nitrogen and oxygen atoms in total. The topological polar surface area (TPSA) is 122 Å². The molecule has 2 heterocycles.